The van der Waals surface area contributed by atoms with Crippen LogP contribution in [0.1, 0.15) is 10.4 Å². The molecule has 0 aliphatic carbocycles. The van der Waals surface area contributed by atoms with Crippen molar-refractivity contribution >= 4 is 17.3 Å². The van der Waals surface area contributed by atoms with E-state index in [4.69, 9.17) is 5.11 Å². The number of carbonyl (C=O) groups is 1. The largest absolute Gasteiger partial charge is 0.388 e. The van der Waals surface area contributed by atoms with Gasteiger partial charge in [-0.3, -0.25) is 4.79 Å². The van der Waals surface area contributed by atoms with Crippen LogP contribution in [0.5, 0.6) is 0 Å². The summed E-state index contributed by atoms with van der Waals surface area (Å²) in [6.07, 6.45) is 3.09. The number of rotatable bonds is 4. The van der Waals surface area contributed by atoms with Crippen LogP contribution in [0.15, 0.2) is 42.9 Å². The van der Waals surface area contributed by atoms with Crippen LogP contribution in [0, 0.1) is 0 Å². The quantitative estimate of drug-likeness (QED) is 0.775. The van der Waals surface area contributed by atoms with Crippen LogP contribution >= 0.6 is 0 Å². The molecule has 0 aliphatic heterocycles. The molecule has 5 nitrogen and oxygen atoms in total. The van der Waals surface area contributed by atoms with E-state index >= 15 is 0 Å². The maximum atomic E-state index is 11.2. The number of nitrogens with zero attached hydrogens (tertiary/aromatic N) is 2. The molecule has 0 unspecified atom stereocenters. The Morgan fingerprint density at radius 2 is 2.00 bits per heavy atom. The highest BCUT2D eigenvalue weighted by atomic mass is 16.3. The molecule has 0 spiro atoms. The maximum absolute atomic E-state index is 11.2. The van der Waals surface area contributed by atoms with E-state index in [1.54, 1.807) is 36.5 Å². The molecular formula is C12H11N3O2. The van der Waals surface area contributed by atoms with E-state index in [1.807, 2.05) is 0 Å². The standard InChI is InChI=1S/C12H11N3O2/c16-7-11(17)9-1-3-10(4-2-9)15-12-5-6-13-8-14-12/h1-6,8,16H,7H2,(H,13,14,15). The molecule has 2 N–H and O–H groups in total. The summed E-state index contributed by atoms with van der Waals surface area (Å²) in [5.41, 5.74) is 1.30. The van der Waals surface area contributed by atoms with E-state index in [2.05, 4.69) is 15.3 Å². The normalized spacial score (nSPS) is 9.94. The van der Waals surface area contributed by atoms with Crippen LogP contribution in [0.2, 0.25) is 0 Å². The molecule has 0 bridgehead atoms. The number of aliphatic hydroxyl groups excluding tert-OH is 1. The molecular weight excluding hydrogens is 218 g/mol. The van der Waals surface area contributed by atoms with E-state index in [1.165, 1.54) is 6.33 Å². The lowest BCUT2D eigenvalue weighted by atomic mass is 10.1. The fourth-order valence-corrected chi connectivity index (χ4v) is 1.34. The predicted molar refractivity (Wildman–Crippen MR) is 63.2 cm³/mol. The first-order chi connectivity index (χ1) is 8.29. The zero-order valence-electron chi connectivity index (χ0n) is 9.00. The summed E-state index contributed by atoms with van der Waals surface area (Å²) in [6, 6.07) is 8.56. The molecule has 0 radical (unpaired) electrons. The Bertz CT molecular complexity index is 497. The Labute approximate surface area is 98.2 Å². The van der Waals surface area contributed by atoms with Crippen LogP contribution in [0.3, 0.4) is 0 Å². The summed E-state index contributed by atoms with van der Waals surface area (Å²) in [6.45, 7) is -0.474. The van der Waals surface area contributed by atoms with Crippen LogP contribution in [-0.2, 0) is 0 Å². The topological polar surface area (TPSA) is 75.1 Å². The Kier molecular flexibility index (Phi) is 3.42. The van der Waals surface area contributed by atoms with Gasteiger partial charge in [0.1, 0.15) is 18.8 Å². The second kappa shape index (κ2) is 5.18. The van der Waals surface area contributed by atoms with E-state index in [0.29, 0.717) is 11.4 Å². The molecule has 0 saturated heterocycles. The number of anilines is 2. The highest BCUT2D eigenvalue weighted by molar-refractivity contribution is 5.97. The fourth-order valence-electron chi connectivity index (χ4n) is 1.34. The van der Waals surface area contributed by atoms with Crippen LogP contribution < -0.4 is 5.32 Å². The maximum Gasteiger partial charge on any atom is 0.188 e. The zero-order chi connectivity index (χ0) is 12.1. The Morgan fingerprint density at radius 3 is 2.59 bits per heavy atom. The van der Waals surface area contributed by atoms with Gasteiger partial charge in [-0.1, -0.05) is 0 Å². The van der Waals surface area contributed by atoms with Crippen molar-refractivity contribution in [3.8, 4) is 0 Å². The van der Waals surface area contributed by atoms with Gasteiger partial charge in [0.25, 0.3) is 0 Å². The van der Waals surface area contributed by atoms with Gasteiger partial charge in [-0.25, -0.2) is 9.97 Å². The number of ketones is 1. The minimum absolute atomic E-state index is 0.293. The molecule has 1 aromatic heterocycles. The monoisotopic (exact) mass is 229 g/mol. The highest BCUT2D eigenvalue weighted by Gasteiger charge is 2.03. The first-order valence-electron chi connectivity index (χ1n) is 5.07. The minimum Gasteiger partial charge on any atom is -0.388 e. The van der Waals surface area contributed by atoms with Gasteiger partial charge < -0.3 is 10.4 Å². The highest BCUT2D eigenvalue weighted by Crippen LogP contribution is 2.14. The van der Waals surface area contributed by atoms with Crippen molar-refractivity contribution in [2.75, 3.05) is 11.9 Å². The number of aromatic nitrogens is 2. The number of benzene rings is 1. The summed E-state index contributed by atoms with van der Waals surface area (Å²) in [4.78, 5) is 19.0. The van der Waals surface area contributed by atoms with Crippen molar-refractivity contribution in [1.29, 1.82) is 0 Å². The zero-order valence-corrected chi connectivity index (χ0v) is 9.00. The molecule has 86 valence electrons. The van der Waals surface area contributed by atoms with Crippen LogP contribution in [-0.4, -0.2) is 27.5 Å². The van der Waals surface area contributed by atoms with E-state index in [0.717, 1.165) is 5.69 Å². The molecule has 5 heteroatoms. The number of carbonyl (C=O) groups excluding carboxylic acids is 1. The van der Waals surface area contributed by atoms with E-state index < -0.39 is 6.61 Å². The second-order valence-electron chi connectivity index (χ2n) is 3.38. The molecule has 1 aromatic carbocycles. The Morgan fingerprint density at radius 1 is 1.24 bits per heavy atom. The average Bonchev–Trinajstić information content (AvgIpc) is 2.40. The number of hydrogen-bond acceptors (Lipinski definition) is 5. The van der Waals surface area contributed by atoms with E-state index in [9.17, 15) is 4.79 Å². The summed E-state index contributed by atoms with van der Waals surface area (Å²) in [5, 5.41) is 11.8. The number of Topliss-reactive ketones (excluding diaryl/α,β-unsaturated/α-hetero) is 1. The van der Waals surface area contributed by atoms with Gasteiger partial charge in [-0.05, 0) is 30.3 Å². The van der Waals surface area contributed by atoms with Gasteiger partial charge in [0.15, 0.2) is 5.78 Å². The molecule has 0 saturated carbocycles. The minimum atomic E-state index is -0.474. The summed E-state index contributed by atoms with van der Waals surface area (Å²) >= 11 is 0. The molecule has 2 aromatic rings. The van der Waals surface area contributed by atoms with Crippen molar-refractivity contribution in [1.82, 2.24) is 9.97 Å². The van der Waals surface area contributed by atoms with Gasteiger partial charge >= 0.3 is 0 Å². The Balaban J connectivity index is 2.11. The third-order valence-corrected chi connectivity index (χ3v) is 2.20. The Hall–Kier alpha value is -2.27. The van der Waals surface area contributed by atoms with Crippen molar-refractivity contribution in [2.45, 2.75) is 0 Å². The predicted octanol–water partition coefficient (Wildman–Crippen LogP) is 1.40. The number of nitrogens with one attached hydrogen (secondary N) is 1. The van der Waals surface area contributed by atoms with Crippen molar-refractivity contribution in [3.63, 3.8) is 0 Å². The summed E-state index contributed by atoms with van der Waals surface area (Å²) < 4.78 is 0. The van der Waals surface area contributed by atoms with Gasteiger partial charge in [-0.2, -0.15) is 0 Å². The third kappa shape index (κ3) is 2.85. The smallest absolute Gasteiger partial charge is 0.188 e. The molecule has 0 atom stereocenters. The number of aliphatic hydroxyl groups is 1. The van der Waals surface area contributed by atoms with Gasteiger partial charge in [0.2, 0.25) is 0 Å². The molecule has 2 rings (SSSR count). The summed E-state index contributed by atoms with van der Waals surface area (Å²) in [5.74, 6) is 0.389. The first kappa shape index (κ1) is 11.2. The van der Waals surface area contributed by atoms with Crippen LogP contribution in [0.25, 0.3) is 0 Å². The van der Waals surface area contributed by atoms with Gasteiger partial charge in [-0.15, -0.1) is 0 Å². The van der Waals surface area contributed by atoms with Crippen LogP contribution in [0.4, 0.5) is 11.5 Å². The molecule has 0 amide bonds. The first-order valence-corrected chi connectivity index (χ1v) is 5.07. The SMILES string of the molecule is O=C(CO)c1ccc(Nc2ccncn2)cc1. The second-order valence-corrected chi connectivity index (χ2v) is 3.38. The molecule has 0 fully saturated rings. The lowest BCUT2D eigenvalue weighted by molar-refractivity contribution is 0.0904. The molecule has 1 heterocycles. The number of hydrogen-bond donors (Lipinski definition) is 2. The lowest BCUT2D eigenvalue weighted by Gasteiger charge is -2.05. The van der Waals surface area contributed by atoms with E-state index in [-0.39, 0.29) is 5.78 Å². The molecule has 0 aliphatic rings. The van der Waals surface area contributed by atoms with Gasteiger partial charge in [0, 0.05) is 17.4 Å². The fraction of sp³-hybridized carbons (Fsp3) is 0.0833. The van der Waals surface area contributed by atoms with Crippen molar-refractivity contribution in [3.05, 3.63) is 48.4 Å². The average molecular weight is 229 g/mol. The van der Waals surface area contributed by atoms with Gasteiger partial charge in [0.05, 0.1) is 0 Å². The summed E-state index contributed by atoms with van der Waals surface area (Å²) in [7, 11) is 0. The van der Waals surface area contributed by atoms with Crippen molar-refractivity contribution in [2.24, 2.45) is 0 Å². The molecule has 17 heavy (non-hydrogen) atoms. The van der Waals surface area contributed by atoms with Crippen molar-refractivity contribution < 1.29 is 9.90 Å². The lowest BCUT2D eigenvalue weighted by Crippen LogP contribution is -2.04. The third-order valence-electron chi connectivity index (χ3n) is 2.20.